The smallest absolute Gasteiger partial charge is 0.404 e. The number of hydrogen-bond donors (Lipinski definition) is 2. The van der Waals surface area contributed by atoms with E-state index in [-0.39, 0.29) is 13.0 Å². The lowest BCUT2D eigenvalue weighted by Gasteiger charge is -2.33. The Morgan fingerprint density at radius 2 is 1.89 bits per heavy atom. The quantitative estimate of drug-likeness (QED) is 0.744. The van der Waals surface area contributed by atoms with Crippen molar-refractivity contribution in [3.8, 4) is 0 Å². The molecule has 0 aliphatic carbocycles. The largest absolute Gasteiger partial charge is 0.467 e. The van der Waals surface area contributed by atoms with E-state index in [1.807, 2.05) is 0 Å². The highest BCUT2D eigenvalue weighted by atomic mass is 19.4. The Hall–Kier alpha value is -1.31. The Morgan fingerprint density at radius 1 is 1.32 bits per heavy atom. The van der Waals surface area contributed by atoms with E-state index < -0.39 is 35.6 Å². The van der Waals surface area contributed by atoms with Crippen LogP contribution in [0.25, 0.3) is 0 Å². The highest BCUT2D eigenvalue weighted by Gasteiger charge is 2.62. The van der Waals surface area contributed by atoms with Crippen LogP contribution >= 0.6 is 0 Å². The summed E-state index contributed by atoms with van der Waals surface area (Å²) in [5.41, 5.74) is -4.00. The zero-order valence-electron chi connectivity index (χ0n) is 11.0. The minimum absolute atomic E-state index is 0.103. The monoisotopic (exact) mass is 282 g/mol. The molecule has 1 heterocycles. The van der Waals surface area contributed by atoms with Crippen LogP contribution in [-0.4, -0.2) is 43.8 Å². The third-order valence-corrected chi connectivity index (χ3v) is 3.25. The summed E-state index contributed by atoms with van der Waals surface area (Å²) in [6.07, 6.45) is -5.02. The molecule has 1 fully saturated rings. The minimum Gasteiger partial charge on any atom is -0.467 e. The van der Waals surface area contributed by atoms with Gasteiger partial charge in [-0.05, 0) is 26.8 Å². The number of esters is 1. The number of carbonyl (C=O) groups is 2. The average Bonchev–Trinajstić information content (AvgIpc) is 2.76. The Balaban J connectivity index is 2.95. The summed E-state index contributed by atoms with van der Waals surface area (Å²) < 4.78 is 43.8. The first-order chi connectivity index (χ1) is 8.57. The van der Waals surface area contributed by atoms with Crippen LogP contribution in [0, 0.1) is 5.41 Å². The fraction of sp³-hybridized carbons (Fsp3) is 0.818. The Labute approximate surface area is 108 Å². The third kappa shape index (κ3) is 2.83. The molecule has 1 unspecified atom stereocenters. The molecule has 0 spiro atoms. The number of hydrogen-bond acceptors (Lipinski definition) is 4. The van der Waals surface area contributed by atoms with Crippen molar-refractivity contribution in [3.05, 3.63) is 0 Å². The van der Waals surface area contributed by atoms with Crippen molar-refractivity contribution in [2.75, 3.05) is 20.2 Å². The number of carbonyl (C=O) groups excluding carboxylic acids is 2. The molecule has 0 aromatic rings. The van der Waals surface area contributed by atoms with E-state index in [1.165, 1.54) is 13.8 Å². The number of rotatable bonds is 3. The second-order valence-electron chi connectivity index (χ2n) is 5.08. The van der Waals surface area contributed by atoms with E-state index >= 15 is 0 Å². The fourth-order valence-electron chi connectivity index (χ4n) is 1.97. The standard InChI is InChI=1S/C11H17F3N2O3/c1-9(2,8(18)19-3)16-7(17)10(11(12,13)14)4-5-15-6-10/h15H,4-6H2,1-3H3,(H,16,17). The van der Waals surface area contributed by atoms with Gasteiger partial charge in [0, 0.05) is 6.54 Å². The highest BCUT2D eigenvalue weighted by molar-refractivity contribution is 5.91. The van der Waals surface area contributed by atoms with Crippen molar-refractivity contribution in [2.45, 2.75) is 32.0 Å². The minimum atomic E-state index is -4.67. The molecule has 0 saturated carbocycles. The van der Waals surface area contributed by atoms with Crippen LogP contribution < -0.4 is 10.6 Å². The van der Waals surface area contributed by atoms with E-state index in [2.05, 4.69) is 15.4 Å². The van der Waals surface area contributed by atoms with Crippen LogP contribution in [0.4, 0.5) is 13.2 Å². The molecule has 1 aliphatic heterocycles. The van der Waals surface area contributed by atoms with E-state index in [4.69, 9.17) is 0 Å². The highest BCUT2D eigenvalue weighted by Crippen LogP contribution is 2.43. The molecular weight excluding hydrogens is 265 g/mol. The molecule has 8 heteroatoms. The summed E-state index contributed by atoms with van der Waals surface area (Å²) in [4.78, 5) is 23.4. The summed E-state index contributed by atoms with van der Waals surface area (Å²) in [5.74, 6) is -2.01. The zero-order chi connectivity index (χ0) is 14.9. The van der Waals surface area contributed by atoms with Gasteiger partial charge in [0.15, 0.2) is 5.41 Å². The molecule has 5 nitrogen and oxygen atoms in total. The van der Waals surface area contributed by atoms with Crippen LogP contribution in [0.3, 0.4) is 0 Å². The predicted molar refractivity (Wildman–Crippen MR) is 60.2 cm³/mol. The number of amides is 1. The number of methoxy groups -OCH3 is 1. The lowest BCUT2D eigenvalue weighted by Crippen LogP contribution is -2.59. The maximum Gasteiger partial charge on any atom is 0.404 e. The molecule has 1 atom stereocenters. The van der Waals surface area contributed by atoms with Crippen LogP contribution in [0.15, 0.2) is 0 Å². The number of halogens is 3. The fourth-order valence-corrected chi connectivity index (χ4v) is 1.97. The predicted octanol–water partition coefficient (Wildman–Crippen LogP) is 0.596. The molecule has 0 aromatic carbocycles. The maximum absolute atomic E-state index is 13.1. The van der Waals surface area contributed by atoms with Gasteiger partial charge in [0.2, 0.25) is 5.91 Å². The summed E-state index contributed by atoms with van der Waals surface area (Å²) in [7, 11) is 1.10. The zero-order valence-corrected chi connectivity index (χ0v) is 11.0. The van der Waals surface area contributed by atoms with Gasteiger partial charge in [-0.15, -0.1) is 0 Å². The summed E-state index contributed by atoms with van der Waals surface area (Å²) in [6.45, 7) is 2.21. The van der Waals surface area contributed by atoms with Crippen molar-refractivity contribution < 1.29 is 27.5 Å². The molecular formula is C11H17F3N2O3. The van der Waals surface area contributed by atoms with E-state index in [1.54, 1.807) is 0 Å². The van der Waals surface area contributed by atoms with Crippen LogP contribution in [0.2, 0.25) is 0 Å². The molecule has 2 N–H and O–H groups in total. The van der Waals surface area contributed by atoms with E-state index in [0.717, 1.165) is 7.11 Å². The normalized spacial score (nSPS) is 24.1. The van der Waals surface area contributed by atoms with Gasteiger partial charge >= 0.3 is 12.1 Å². The number of nitrogens with one attached hydrogen (secondary N) is 2. The SMILES string of the molecule is COC(=O)C(C)(C)NC(=O)C1(C(F)(F)F)CCNC1. The first-order valence-corrected chi connectivity index (χ1v) is 5.75. The second-order valence-corrected chi connectivity index (χ2v) is 5.08. The van der Waals surface area contributed by atoms with Gasteiger partial charge in [0.25, 0.3) is 0 Å². The molecule has 1 saturated heterocycles. The number of ether oxygens (including phenoxy) is 1. The van der Waals surface area contributed by atoms with Gasteiger partial charge in [-0.25, -0.2) is 4.79 Å². The Morgan fingerprint density at radius 3 is 2.26 bits per heavy atom. The van der Waals surface area contributed by atoms with Gasteiger partial charge in [-0.2, -0.15) is 13.2 Å². The molecule has 0 radical (unpaired) electrons. The molecule has 0 aromatic heterocycles. The lowest BCUT2D eigenvalue weighted by molar-refractivity contribution is -0.217. The van der Waals surface area contributed by atoms with Gasteiger partial charge in [-0.3, -0.25) is 4.79 Å². The molecule has 0 bridgehead atoms. The Bertz CT molecular complexity index is 374. The Kier molecular flexibility index (Phi) is 4.14. The van der Waals surface area contributed by atoms with E-state index in [9.17, 15) is 22.8 Å². The first kappa shape index (κ1) is 15.7. The topological polar surface area (TPSA) is 67.4 Å². The van der Waals surface area contributed by atoms with Crippen LogP contribution in [-0.2, 0) is 14.3 Å². The third-order valence-electron chi connectivity index (χ3n) is 3.25. The van der Waals surface area contributed by atoms with Crippen molar-refractivity contribution in [1.82, 2.24) is 10.6 Å². The van der Waals surface area contributed by atoms with Crippen molar-refractivity contribution in [2.24, 2.45) is 5.41 Å². The van der Waals surface area contributed by atoms with Gasteiger partial charge in [0.05, 0.1) is 7.11 Å². The maximum atomic E-state index is 13.1. The summed E-state index contributed by atoms with van der Waals surface area (Å²) >= 11 is 0. The molecule has 19 heavy (non-hydrogen) atoms. The lowest BCUT2D eigenvalue weighted by atomic mass is 9.84. The molecule has 1 amide bonds. The van der Waals surface area contributed by atoms with Gasteiger partial charge in [0.1, 0.15) is 5.54 Å². The van der Waals surface area contributed by atoms with Crippen LogP contribution in [0.5, 0.6) is 0 Å². The summed E-state index contributed by atoms with van der Waals surface area (Å²) in [6, 6.07) is 0. The second kappa shape index (κ2) is 4.99. The molecule has 110 valence electrons. The average molecular weight is 282 g/mol. The van der Waals surface area contributed by atoms with Crippen LogP contribution in [0.1, 0.15) is 20.3 Å². The van der Waals surface area contributed by atoms with Crippen molar-refractivity contribution in [3.63, 3.8) is 0 Å². The van der Waals surface area contributed by atoms with E-state index in [0.29, 0.717) is 0 Å². The summed E-state index contributed by atoms with van der Waals surface area (Å²) in [5, 5.41) is 4.66. The van der Waals surface area contributed by atoms with Crippen molar-refractivity contribution >= 4 is 11.9 Å². The van der Waals surface area contributed by atoms with Gasteiger partial charge in [-0.1, -0.05) is 0 Å². The first-order valence-electron chi connectivity index (χ1n) is 5.75. The number of alkyl halides is 3. The van der Waals surface area contributed by atoms with Gasteiger partial charge < -0.3 is 15.4 Å². The molecule has 1 rings (SSSR count). The molecule has 1 aliphatic rings. The van der Waals surface area contributed by atoms with Crippen molar-refractivity contribution in [1.29, 1.82) is 0 Å².